The van der Waals surface area contributed by atoms with E-state index in [1.165, 1.54) is 6.21 Å². The molecular formula is C17H19N3O3. The number of nitrogens with zero attached hydrogens (tertiary/aromatic N) is 1. The Labute approximate surface area is 134 Å². The van der Waals surface area contributed by atoms with Crippen molar-refractivity contribution in [3.63, 3.8) is 0 Å². The zero-order valence-electron chi connectivity index (χ0n) is 12.8. The van der Waals surface area contributed by atoms with E-state index in [-0.39, 0.29) is 18.1 Å². The third-order valence-electron chi connectivity index (χ3n) is 3.10. The van der Waals surface area contributed by atoms with Crippen LogP contribution < -0.4 is 15.5 Å². The topological polar surface area (TPSA) is 83.0 Å². The first-order valence-corrected chi connectivity index (χ1v) is 7.17. The molecule has 0 radical (unpaired) electrons. The third-order valence-corrected chi connectivity index (χ3v) is 3.10. The molecule has 0 fully saturated rings. The average Bonchev–Trinajstić information content (AvgIpc) is 2.57. The number of rotatable bonds is 7. The van der Waals surface area contributed by atoms with Gasteiger partial charge in [-0.1, -0.05) is 12.1 Å². The lowest BCUT2D eigenvalue weighted by Crippen LogP contribution is -2.20. The molecule has 0 atom stereocenters. The van der Waals surface area contributed by atoms with Gasteiger partial charge in [0.05, 0.1) is 13.3 Å². The number of aromatic hydroxyl groups is 1. The summed E-state index contributed by atoms with van der Waals surface area (Å²) in [4.78, 5) is 11.7. The number of carbonyl (C=O) groups excluding carboxylic acids is 1. The Morgan fingerprint density at radius 3 is 2.65 bits per heavy atom. The second-order valence-electron chi connectivity index (χ2n) is 4.76. The van der Waals surface area contributed by atoms with Gasteiger partial charge < -0.3 is 15.2 Å². The highest BCUT2D eigenvalue weighted by atomic mass is 16.5. The fraction of sp³-hybridized carbons (Fsp3) is 0.176. The Morgan fingerprint density at radius 2 is 1.96 bits per heavy atom. The standard InChI is InChI=1S/C17H19N3O3/c1-23-15-8-6-14(7-9-15)18-11-10-17(22)20-19-12-13-4-2-3-5-16(13)21/h2-9,12,18,21H,10-11H2,1H3,(H,20,22)/b19-12+. The van der Waals surface area contributed by atoms with Crippen LogP contribution in [0.3, 0.4) is 0 Å². The molecule has 2 rings (SSSR count). The number of methoxy groups -OCH3 is 1. The van der Waals surface area contributed by atoms with Gasteiger partial charge in [0.25, 0.3) is 0 Å². The number of hydrogen-bond acceptors (Lipinski definition) is 5. The van der Waals surface area contributed by atoms with Crippen molar-refractivity contribution in [2.24, 2.45) is 5.10 Å². The number of benzene rings is 2. The second kappa shape index (κ2) is 8.43. The summed E-state index contributed by atoms with van der Waals surface area (Å²) < 4.78 is 5.08. The zero-order valence-corrected chi connectivity index (χ0v) is 12.8. The minimum atomic E-state index is -0.210. The maximum absolute atomic E-state index is 11.7. The van der Waals surface area contributed by atoms with E-state index < -0.39 is 0 Å². The SMILES string of the molecule is COc1ccc(NCCC(=O)N/N=C/c2ccccc2O)cc1. The molecule has 0 unspecified atom stereocenters. The molecule has 0 aromatic heterocycles. The average molecular weight is 313 g/mol. The van der Waals surface area contributed by atoms with Gasteiger partial charge >= 0.3 is 0 Å². The Balaban J connectivity index is 1.71. The summed E-state index contributed by atoms with van der Waals surface area (Å²) >= 11 is 0. The molecule has 23 heavy (non-hydrogen) atoms. The molecule has 2 aromatic carbocycles. The molecule has 1 amide bonds. The summed E-state index contributed by atoms with van der Waals surface area (Å²) in [6, 6.07) is 14.2. The first kappa shape index (κ1) is 16.4. The van der Waals surface area contributed by atoms with E-state index >= 15 is 0 Å². The van der Waals surface area contributed by atoms with Crippen LogP contribution in [0.2, 0.25) is 0 Å². The van der Waals surface area contributed by atoms with E-state index in [4.69, 9.17) is 4.74 Å². The lowest BCUT2D eigenvalue weighted by molar-refractivity contribution is -0.120. The first-order valence-electron chi connectivity index (χ1n) is 7.17. The number of ether oxygens (including phenoxy) is 1. The van der Waals surface area contributed by atoms with Crippen molar-refractivity contribution in [2.45, 2.75) is 6.42 Å². The van der Waals surface area contributed by atoms with Crippen LogP contribution in [0.1, 0.15) is 12.0 Å². The number of hydrogen-bond donors (Lipinski definition) is 3. The Kier molecular flexibility index (Phi) is 5.99. The molecule has 6 nitrogen and oxygen atoms in total. The lowest BCUT2D eigenvalue weighted by atomic mass is 10.2. The van der Waals surface area contributed by atoms with Gasteiger partial charge in [0.15, 0.2) is 0 Å². The Hall–Kier alpha value is -3.02. The van der Waals surface area contributed by atoms with Gasteiger partial charge in [0.2, 0.25) is 5.91 Å². The largest absolute Gasteiger partial charge is 0.507 e. The summed E-state index contributed by atoms with van der Waals surface area (Å²) in [5, 5.41) is 16.5. The highest BCUT2D eigenvalue weighted by Gasteiger charge is 2.00. The summed E-state index contributed by atoms with van der Waals surface area (Å²) in [7, 11) is 1.61. The van der Waals surface area contributed by atoms with Crippen molar-refractivity contribution in [1.82, 2.24) is 5.43 Å². The van der Waals surface area contributed by atoms with Crippen LogP contribution in [0.4, 0.5) is 5.69 Å². The van der Waals surface area contributed by atoms with Crippen molar-refractivity contribution in [3.8, 4) is 11.5 Å². The van der Waals surface area contributed by atoms with Gasteiger partial charge in [-0.3, -0.25) is 4.79 Å². The number of carbonyl (C=O) groups is 1. The van der Waals surface area contributed by atoms with Crippen LogP contribution in [0.5, 0.6) is 11.5 Å². The minimum absolute atomic E-state index is 0.117. The Morgan fingerprint density at radius 1 is 1.22 bits per heavy atom. The predicted octanol–water partition coefficient (Wildman–Crippen LogP) is 2.35. The highest BCUT2D eigenvalue weighted by Crippen LogP contribution is 2.14. The smallest absolute Gasteiger partial charge is 0.241 e. The molecule has 3 N–H and O–H groups in total. The van der Waals surface area contributed by atoms with E-state index in [9.17, 15) is 9.90 Å². The zero-order chi connectivity index (χ0) is 16.5. The molecule has 0 bridgehead atoms. The third kappa shape index (κ3) is 5.35. The highest BCUT2D eigenvalue weighted by molar-refractivity contribution is 5.85. The molecule has 0 aliphatic rings. The molecule has 0 spiro atoms. The van der Waals surface area contributed by atoms with Gasteiger partial charge in [-0.2, -0.15) is 5.10 Å². The van der Waals surface area contributed by atoms with Crippen LogP contribution in [-0.2, 0) is 4.79 Å². The number of nitrogens with one attached hydrogen (secondary N) is 2. The van der Waals surface area contributed by atoms with Crippen molar-refractivity contribution in [3.05, 3.63) is 54.1 Å². The van der Waals surface area contributed by atoms with Gasteiger partial charge in [-0.25, -0.2) is 5.43 Å². The van der Waals surface area contributed by atoms with Crippen molar-refractivity contribution in [1.29, 1.82) is 0 Å². The second-order valence-corrected chi connectivity index (χ2v) is 4.76. The first-order chi connectivity index (χ1) is 11.2. The maximum atomic E-state index is 11.7. The molecule has 6 heteroatoms. The van der Waals surface area contributed by atoms with E-state index in [2.05, 4.69) is 15.8 Å². The van der Waals surface area contributed by atoms with E-state index in [1.54, 1.807) is 31.4 Å². The van der Waals surface area contributed by atoms with E-state index in [1.807, 2.05) is 24.3 Å². The summed E-state index contributed by atoms with van der Waals surface area (Å²) in [6.45, 7) is 0.490. The summed E-state index contributed by atoms with van der Waals surface area (Å²) in [6.07, 6.45) is 1.69. The number of phenolic OH excluding ortho intramolecular Hbond substituents is 1. The number of para-hydroxylation sites is 1. The molecule has 0 saturated heterocycles. The Bertz CT molecular complexity index is 669. The molecule has 0 aliphatic carbocycles. The number of phenols is 1. The predicted molar refractivity (Wildman–Crippen MR) is 89.9 cm³/mol. The van der Waals surface area contributed by atoms with Crippen molar-refractivity contribution < 1.29 is 14.6 Å². The maximum Gasteiger partial charge on any atom is 0.241 e. The molecule has 0 aliphatic heterocycles. The molecule has 0 heterocycles. The monoisotopic (exact) mass is 313 g/mol. The fourth-order valence-corrected chi connectivity index (χ4v) is 1.86. The van der Waals surface area contributed by atoms with Gasteiger partial charge in [-0.05, 0) is 36.4 Å². The molecule has 120 valence electrons. The van der Waals surface area contributed by atoms with Crippen LogP contribution in [0.25, 0.3) is 0 Å². The van der Waals surface area contributed by atoms with Crippen LogP contribution in [0, 0.1) is 0 Å². The van der Waals surface area contributed by atoms with Crippen LogP contribution in [-0.4, -0.2) is 30.9 Å². The normalized spacial score (nSPS) is 10.5. The lowest BCUT2D eigenvalue weighted by Gasteiger charge is -2.06. The van der Waals surface area contributed by atoms with Crippen LogP contribution in [0.15, 0.2) is 53.6 Å². The molecular weight excluding hydrogens is 294 g/mol. The quantitative estimate of drug-likeness (QED) is 0.541. The number of hydrazone groups is 1. The molecule has 2 aromatic rings. The fourth-order valence-electron chi connectivity index (χ4n) is 1.86. The summed E-state index contributed by atoms with van der Waals surface area (Å²) in [5.41, 5.74) is 3.88. The van der Waals surface area contributed by atoms with Gasteiger partial charge in [-0.15, -0.1) is 0 Å². The van der Waals surface area contributed by atoms with Crippen molar-refractivity contribution >= 4 is 17.8 Å². The molecule has 0 saturated carbocycles. The van der Waals surface area contributed by atoms with Gasteiger partial charge in [0.1, 0.15) is 11.5 Å². The summed E-state index contributed by atoms with van der Waals surface area (Å²) in [5.74, 6) is 0.691. The van der Waals surface area contributed by atoms with E-state index in [0.717, 1.165) is 11.4 Å². The minimum Gasteiger partial charge on any atom is -0.507 e. The van der Waals surface area contributed by atoms with Crippen LogP contribution >= 0.6 is 0 Å². The van der Waals surface area contributed by atoms with Crippen molar-refractivity contribution in [2.75, 3.05) is 19.0 Å². The number of amides is 1. The number of anilines is 1. The van der Waals surface area contributed by atoms with Gasteiger partial charge in [0, 0.05) is 24.2 Å². The van der Waals surface area contributed by atoms with E-state index in [0.29, 0.717) is 12.1 Å².